The van der Waals surface area contributed by atoms with Crippen molar-refractivity contribution >= 4 is 17.8 Å². The number of hydrogen-bond acceptors (Lipinski definition) is 3. The van der Waals surface area contributed by atoms with Crippen molar-refractivity contribution in [1.29, 1.82) is 0 Å². The molecule has 0 radical (unpaired) electrons. The van der Waals surface area contributed by atoms with E-state index < -0.39 is 0 Å². The van der Waals surface area contributed by atoms with Crippen LogP contribution in [0.1, 0.15) is 31.0 Å². The molecule has 0 saturated heterocycles. The number of nitrogens with zero attached hydrogens (tertiary/aromatic N) is 2. The first-order chi connectivity index (χ1) is 11.1. The number of carbonyl (C=O) groups is 1. The molecule has 2 rings (SSSR count). The van der Waals surface area contributed by atoms with E-state index in [1.165, 1.54) is 4.90 Å². The Morgan fingerprint density at radius 1 is 1.22 bits per heavy atom. The third-order valence-corrected chi connectivity index (χ3v) is 4.44. The summed E-state index contributed by atoms with van der Waals surface area (Å²) < 4.78 is 0. The van der Waals surface area contributed by atoms with Gasteiger partial charge in [-0.25, -0.2) is 4.79 Å². The van der Waals surface area contributed by atoms with E-state index in [9.17, 15) is 4.79 Å². The highest BCUT2D eigenvalue weighted by Crippen LogP contribution is 2.20. The molecule has 122 valence electrons. The smallest absolute Gasteiger partial charge is 0.317 e. The number of pyridine rings is 1. The molecular weight excluding hydrogens is 306 g/mol. The molecule has 0 aliphatic carbocycles. The van der Waals surface area contributed by atoms with Gasteiger partial charge in [0.1, 0.15) is 0 Å². The van der Waals surface area contributed by atoms with Crippen LogP contribution >= 0.6 is 11.8 Å². The van der Waals surface area contributed by atoms with Crippen LogP contribution in [0.25, 0.3) is 0 Å². The minimum absolute atomic E-state index is 0.0249. The Labute approximate surface area is 142 Å². The lowest BCUT2D eigenvalue weighted by Crippen LogP contribution is -2.38. The zero-order valence-electron chi connectivity index (χ0n) is 13.8. The minimum Gasteiger partial charge on any atom is -0.331 e. The number of rotatable bonds is 6. The number of benzene rings is 1. The SMILES string of the molecule is CCSc1ccc([C@H](C)NC(=O)N(C)Cc2ccncc2)cc1. The van der Waals surface area contributed by atoms with Crippen molar-refractivity contribution in [3.8, 4) is 0 Å². The molecule has 4 nitrogen and oxygen atoms in total. The van der Waals surface area contributed by atoms with Gasteiger partial charge in [0, 0.05) is 30.9 Å². The molecule has 1 aromatic heterocycles. The Bertz CT molecular complexity index is 616. The van der Waals surface area contributed by atoms with Gasteiger partial charge in [-0.3, -0.25) is 4.98 Å². The van der Waals surface area contributed by atoms with Crippen LogP contribution in [-0.2, 0) is 6.54 Å². The molecule has 0 unspecified atom stereocenters. The summed E-state index contributed by atoms with van der Waals surface area (Å²) in [7, 11) is 1.80. The maximum atomic E-state index is 12.3. The normalized spacial score (nSPS) is 11.8. The second kappa shape index (κ2) is 8.58. The van der Waals surface area contributed by atoms with Crippen LogP contribution < -0.4 is 5.32 Å². The average Bonchev–Trinajstić information content (AvgIpc) is 2.56. The quantitative estimate of drug-likeness (QED) is 0.812. The molecule has 0 bridgehead atoms. The number of aromatic nitrogens is 1. The van der Waals surface area contributed by atoms with Crippen molar-refractivity contribution in [2.75, 3.05) is 12.8 Å². The van der Waals surface area contributed by atoms with Crippen LogP contribution in [0.5, 0.6) is 0 Å². The van der Waals surface area contributed by atoms with E-state index in [1.54, 1.807) is 24.3 Å². The molecule has 23 heavy (non-hydrogen) atoms. The van der Waals surface area contributed by atoms with Crippen LogP contribution in [0.15, 0.2) is 53.7 Å². The predicted octanol–water partition coefficient (Wildman–Crippen LogP) is 4.10. The van der Waals surface area contributed by atoms with Gasteiger partial charge in [-0.05, 0) is 48.1 Å². The molecule has 0 aliphatic rings. The third-order valence-electron chi connectivity index (χ3n) is 3.55. The van der Waals surface area contributed by atoms with Crippen molar-refractivity contribution < 1.29 is 4.79 Å². The highest BCUT2D eigenvalue weighted by Gasteiger charge is 2.13. The van der Waals surface area contributed by atoms with Crippen LogP contribution in [-0.4, -0.2) is 28.7 Å². The highest BCUT2D eigenvalue weighted by atomic mass is 32.2. The van der Waals surface area contributed by atoms with Gasteiger partial charge >= 0.3 is 6.03 Å². The number of thioether (sulfide) groups is 1. The molecule has 0 saturated carbocycles. The molecular formula is C18H23N3OS. The Balaban J connectivity index is 1.90. The fourth-order valence-corrected chi connectivity index (χ4v) is 2.89. The first-order valence-electron chi connectivity index (χ1n) is 7.73. The number of nitrogens with one attached hydrogen (secondary N) is 1. The zero-order chi connectivity index (χ0) is 16.7. The Morgan fingerprint density at radius 3 is 2.48 bits per heavy atom. The lowest BCUT2D eigenvalue weighted by molar-refractivity contribution is 0.203. The van der Waals surface area contributed by atoms with E-state index in [-0.39, 0.29) is 12.1 Å². The predicted molar refractivity (Wildman–Crippen MR) is 95.5 cm³/mol. The number of urea groups is 1. The van der Waals surface area contributed by atoms with Crippen molar-refractivity contribution in [2.45, 2.75) is 31.3 Å². The number of amides is 2. The number of hydrogen-bond donors (Lipinski definition) is 1. The lowest BCUT2D eigenvalue weighted by atomic mass is 10.1. The van der Waals surface area contributed by atoms with Crippen LogP contribution in [0.2, 0.25) is 0 Å². The van der Waals surface area contributed by atoms with Crippen molar-refractivity contribution in [3.05, 3.63) is 59.9 Å². The van der Waals surface area contributed by atoms with Crippen LogP contribution in [0, 0.1) is 0 Å². The van der Waals surface area contributed by atoms with Gasteiger partial charge in [0.15, 0.2) is 0 Å². The zero-order valence-corrected chi connectivity index (χ0v) is 14.6. The van der Waals surface area contributed by atoms with E-state index in [2.05, 4.69) is 41.5 Å². The first-order valence-corrected chi connectivity index (χ1v) is 8.72. The number of carbonyl (C=O) groups excluding carboxylic acids is 1. The van der Waals surface area contributed by atoms with Gasteiger partial charge in [0.2, 0.25) is 0 Å². The summed E-state index contributed by atoms with van der Waals surface area (Å²) in [6, 6.07) is 12.1. The monoisotopic (exact) mass is 329 g/mol. The maximum Gasteiger partial charge on any atom is 0.317 e. The second-order valence-corrected chi connectivity index (χ2v) is 6.72. The summed E-state index contributed by atoms with van der Waals surface area (Å²) in [6.07, 6.45) is 3.47. The molecule has 1 aromatic carbocycles. The summed E-state index contributed by atoms with van der Waals surface area (Å²) in [5.41, 5.74) is 2.17. The molecule has 1 heterocycles. The molecule has 5 heteroatoms. The minimum atomic E-state index is -0.0821. The largest absolute Gasteiger partial charge is 0.331 e. The molecule has 0 aliphatic heterocycles. The van der Waals surface area contributed by atoms with Crippen molar-refractivity contribution in [1.82, 2.24) is 15.2 Å². The summed E-state index contributed by atoms with van der Waals surface area (Å²) in [4.78, 5) is 19.2. The first kappa shape index (κ1) is 17.3. The van der Waals surface area contributed by atoms with E-state index >= 15 is 0 Å². The summed E-state index contributed by atoms with van der Waals surface area (Å²) >= 11 is 1.82. The van der Waals surface area contributed by atoms with Crippen LogP contribution in [0.3, 0.4) is 0 Å². The highest BCUT2D eigenvalue weighted by molar-refractivity contribution is 7.99. The van der Waals surface area contributed by atoms with Gasteiger partial charge in [0.25, 0.3) is 0 Å². The van der Waals surface area contributed by atoms with E-state index in [0.29, 0.717) is 6.54 Å². The fraction of sp³-hybridized carbons (Fsp3) is 0.333. The average molecular weight is 329 g/mol. The molecule has 1 N–H and O–H groups in total. The molecule has 1 atom stereocenters. The van der Waals surface area contributed by atoms with E-state index in [1.807, 2.05) is 30.8 Å². The Kier molecular flexibility index (Phi) is 6.47. The second-order valence-electron chi connectivity index (χ2n) is 5.38. The van der Waals surface area contributed by atoms with Crippen LogP contribution in [0.4, 0.5) is 4.79 Å². The van der Waals surface area contributed by atoms with E-state index in [0.717, 1.165) is 16.9 Å². The molecule has 0 fully saturated rings. The maximum absolute atomic E-state index is 12.3. The van der Waals surface area contributed by atoms with Gasteiger partial charge < -0.3 is 10.2 Å². The molecule has 2 amide bonds. The Morgan fingerprint density at radius 2 is 1.87 bits per heavy atom. The summed E-state index contributed by atoms with van der Waals surface area (Å²) in [6.45, 7) is 4.70. The molecule has 0 spiro atoms. The third kappa shape index (κ3) is 5.28. The van der Waals surface area contributed by atoms with Gasteiger partial charge in [-0.2, -0.15) is 0 Å². The molecule has 2 aromatic rings. The van der Waals surface area contributed by atoms with Gasteiger partial charge in [-0.1, -0.05) is 19.1 Å². The van der Waals surface area contributed by atoms with Crippen molar-refractivity contribution in [3.63, 3.8) is 0 Å². The lowest BCUT2D eigenvalue weighted by Gasteiger charge is -2.22. The fourth-order valence-electron chi connectivity index (χ4n) is 2.23. The summed E-state index contributed by atoms with van der Waals surface area (Å²) in [5, 5.41) is 3.03. The van der Waals surface area contributed by atoms with E-state index in [4.69, 9.17) is 0 Å². The Hall–Kier alpha value is -2.01. The summed E-state index contributed by atoms with van der Waals surface area (Å²) in [5.74, 6) is 1.06. The van der Waals surface area contributed by atoms with Gasteiger partial charge in [-0.15, -0.1) is 11.8 Å². The standard InChI is InChI=1S/C18H23N3OS/c1-4-23-17-7-5-16(6-8-17)14(2)20-18(22)21(3)13-15-9-11-19-12-10-15/h5-12,14H,4,13H2,1-3H3,(H,20,22)/t14-/m0/s1. The topological polar surface area (TPSA) is 45.2 Å². The van der Waals surface area contributed by atoms with Crippen molar-refractivity contribution in [2.24, 2.45) is 0 Å². The van der Waals surface area contributed by atoms with Gasteiger partial charge in [0.05, 0.1) is 6.04 Å².